The lowest BCUT2D eigenvalue weighted by molar-refractivity contribution is -0.135. The minimum absolute atomic E-state index is 0.111. The van der Waals surface area contributed by atoms with Gasteiger partial charge in [-0.25, -0.2) is 9.00 Å². The number of carbonyl (C=O) groups excluding carboxylic acids is 1. The molecule has 0 aliphatic rings. The molecule has 4 nitrogen and oxygen atoms in total. The molecule has 0 aromatic carbocycles. The first kappa shape index (κ1) is 17.2. The Bertz CT molecular complexity index is 359. The van der Waals surface area contributed by atoms with Crippen LogP contribution in [0.2, 0.25) is 0 Å². The summed E-state index contributed by atoms with van der Waals surface area (Å²) in [5, 5.41) is 0. The molecule has 0 aliphatic carbocycles. The highest BCUT2D eigenvalue weighted by Gasteiger charge is 2.34. The Morgan fingerprint density at radius 2 is 1.78 bits per heavy atom. The van der Waals surface area contributed by atoms with Crippen LogP contribution in [0.1, 0.15) is 41.5 Å². The smallest absolute Gasteiger partial charge is 0.354 e. The Labute approximate surface area is 111 Å². The molecule has 0 radical (unpaired) electrons. The van der Waals surface area contributed by atoms with Crippen molar-refractivity contribution in [3.63, 3.8) is 0 Å². The number of rotatable bonds is 5. The molecule has 0 spiro atoms. The normalized spacial score (nSPS) is 15.4. The van der Waals surface area contributed by atoms with Crippen LogP contribution in [-0.4, -0.2) is 33.9 Å². The van der Waals surface area contributed by atoms with Gasteiger partial charge in [-0.2, -0.15) is 4.40 Å². The minimum atomic E-state index is -1.62. The molecule has 106 valence electrons. The van der Waals surface area contributed by atoms with Gasteiger partial charge in [0, 0.05) is 5.41 Å². The summed E-state index contributed by atoms with van der Waals surface area (Å²) in [6.07, 6.45) is 0. The van der Waals surface area contributed by atoms with Crippen LogP contribution < -0.4 is 0 Å². The largest absolute Gasteiger partial charge is 0.461 e. The highest BCUT2D eigenvalue weighted by Crippen LogP contribution is 2.22. The zero-order chi connectivity index (χ0) is 14.6. The molecule has 0 amide bonds. The average Bonchev–Trinajstić information content (AvgIpc) is 2.24. The topological polar surface area (TPSA) is 55.7 Å². The summed E-state index contributed by atoms with van der Waals surface area (Å²) in [5.41, 5.74) is -1.22. The standard InChI is InChI=1S/C12H22FNO3S/c1-7-17-10(15)9(12(5,6)8-13)14-18(16)11(2,3)4/h7-8H2,1-6H3/b14-9-. The summed E-state index contributed by atoms with van der Waals surface area (Å²) in [5.74, 6) is -0.710. The molecule has 0 N–H and O–H groups in total. The van der Waals surface area contributed by atoms with Crippen molar-refractivity contribution in [1.29, 1.82) is 0 Å². The van der Waals surface area contributed by atoms with Gasteiger partial charge in [-0.15, -0.1) is 0 Å². The predicted octanol–water partition coefficient (Wildman–Crippen LogP) is 2.45. The summed E-state index contributed by atoms with van der Waals surface area (Å²) >= 11 is 0. The van der Waals surface area contributed by atoms with Crippen LogP contribution in [0.25, 0.3) is 0 Å². The number of esters is 1. The van der Waals surface area contributed by atoms with E-state index in [1.165, 1.54) is 13.8 Å². The van der Waals surface area contributed by atoms with Crippen LogP contribution in [0.4, 0.5) is 4.39 Å². The molecule has 0 heterocycles. The van der Waals surface area contributed by atoms with Crippen LogP contribution in [0.5, 0.6) is 0 Å². The molecule has 0 aliphatic heterocycles. The highest BCUT2D eigenvalue weighted by molar-refractivity contribution is 7.85. The zero-order valence-corrected chi connectivity index (χ0v) is 12.7. The maximum atomic E-state index is 13.0. The van der Waals surface area contributed by atoms with Crippen molar-refractivity contribution >= 4 is 22.7 Å². The highest BCUT2D eigenvalue weighted by atomic mass is 32.2. The van der Waals surface area contributed by atoms with Crippen molar-refractivity contribution in [2.24, 2.45) is 9.81 Å². The van der Waals surface area contributed by atoms with Crippen LogP contribution in [0.3, 0.4) is 0 Å². The second-order valence-corrected chi connectivity index (χ2v) is 7.45. The van der Waals surface area contributed by atoms with Crippen molar-refractivity contribution in [1.82, 2.24) is 0 Å². The quantitative estimate of drug-likeness (QED) is 0.574. The molecular formula is C12H22FNO3S. The monoisotopic (exact) mass is 279 g/mol. The molecular weight excluding hydrogens is 257 g/mol. The summed E-state index contributed by atoms with van der Waals surface area (Å²) in [7, 11) is -1.62. The third-order valence-electron chi connectivity index (χ3n) is 2.14. The third kappa shape index (κ3) is 4.84. The van der Waals surface area contributed by atoms with E-state index in [4.69, 9.17) is 4.74 Å². The van der Waals surface area contributed by atoms with Gasteiger partial charge in [-0.05, 0) is 27.7 Å². The molecule has 1 atom stereocenters. The lowest BCUT2D eigenvalue weighted by Crippen LogP contribution is -2.36. The molecule has 0 bridgehead atoms. The lowest BCUT2D eigenvalue weighted by atomic mass is 9.89. The van der Waals surface area contributed by atoms with Gasteiger partial charge in [0.05, 0.1) is 11.4 Å². The molecule has 1 unspecified atom stereocenters. The maximum Gasteiger partial charge on any atom is 0.354 e. The minimum Gasteiger partial charge on any atom is -0.461 e. The van der Waals surface area contributed by atoms with Gasteiger partial charge in [0.25, 0.3) is 0 Å². The first-order valence-electron chi connectivity index (χ1n) is 5.80. The van der Waals surface area contributed by atoms with Crippen LogP contribution >= 0.6 is 0 Å². The Kier molecular flexibility index (Phi) is 6.13. The third-order valence-corrected chi connectivity index (χ3v) is 3.54. The van der Waals surface area contributed by atoms with E-state index in [9.17, 15) is 13.4 Å². The van der Waals surface area contributed by atoms with E-state index >= 15 is 0 Å². The van der Waals surface area contributed by atoms with E-state index in [1.54, 1.807) is 27.7 Å². The lowest BCUT2D eigenvalue weighted by Gasteiger charge is -2.23. The van der Waals surface area contributed by atoms with E-state index < -0.39 is 33.8 Å². The van der Waals surface area contributed by atoms with Gasteiger partial charge in [-0.3, -0.25) is 4.39 Å². The number of ether oxygens (including phenoxy) is 1. The fourth-order valence-corrected chi connectivity index (χ4v) is 1.68. The number of hydrogen-bond donors (Lipinski definition) is 0. The SMILES string of the molecule is CCOC(=O)/C(=N/S(=O)C(C)(C)C)C(C)(C)CF. The Hall–Kier alpha value is -0.780. The van der Waals surface area contributed by atoms with Crippen molar-refractivity contribution in [2.45, 2.75) is 46.3 Å². The van der Waals surface area contributed by atoms with Crippen molar-refractivity contribution in [3.8, 4) is 0 Å². The first-order chi connectivity index (χ1) is 8.06. The first-order valence-corrected chi connectivity index (χ1v) is 6.91. The van der Waals surface area contributed by atoms with Crippen molar-refractivity contribution in [2.75, 3.05) is 13.3 Å². The summed E-state index contributed by atoms with van der Waals surface area (Å²) in [6, 6.07) is 0. The molecule has 0 fully saturated rings. The molecule has 0 saturated heterocycles. The van der Waals surface area contributed by atoms with E-state index in [1.807, 2.05) is 0 Å². The number of alkyl halides is 1. The molecule has 0 saturated carbocycles. The summed E-state index contributed by atoms with van der Waals surface area (Å²) < 4.78 is 33.0. The fourth-order valence-electron chi connectivity index (χ4n) is 0.920. The van der Waals surface area contributed by atoms with E-state index in [2.05, 4.69) is 4.40 Å². The van der Waals surface area contributed by atoms with E-state index in [0.717, 1.165) is 0 Å². The molecule has 18 heavy (non-hydrogen) atoms. The van der Waals surface area contributed by atoms with Gasteiger partial charge >= 0.3 is 5.97 Å². The number of nitrogens with zero attached hydrogens (tertiary/aromatic N) is 1. The van der Waals surface area contributed by atoms with Crippen LogP contribution in [0, 0.1) is 5.41 Å². The second kappa shape index (κ2) is 6.41. The van der Waals surface area contributed by atoms with Crippen molar-refractivity contribution < 1.29 is 18.1 Å². The fraction of sp³-hybridized carbons (Fsp3) is 0.833. The number of carbonyl (C=O) groups is 1. The second-order valence-electron chi connectivity index (χ2n) is 5.54. The van der Waals surface area contributed by atoms with Gasteiger partial charge in [-0.1, -0.05) is 13.8 Å². The van der Waals surface area contributed by atoms with Gasteiger partial charge in [0.15, 0.2) is 0 Å². The summed E-state index contributed by atoms with van der Waals surface area (Å²) in [6.45, 7) is 9.31. The maximum absolute atomic E-state index is 13.0. The Morgan fingerprint density at radius 3 is 2.11 bits per heavy atom. The van der Waals surface area contributed by atoms with E-state index in [0.29, 0.717) is 0 Å². The number of hydrogen-bond acceptors (Lipinski definition) is 3. The predicted molar refractivity (Wildman–Crippen MR) is 71.7 cm³/mol. The van der Waals surface area contributed by atoms with Gasteiger partial charge in [0.2, 0.25) is 0 Å². The Morgan fingerprint density at radius 1 is 1.28 bits per heavy atom. The molecule has 6 heteroatoms. The average molecular weight is 279 g/mol. The Balaban J connectivity index is 5.43. The van der Waals surface area contributed by atoms with Crippen LogP contribution in [0.15, 0.2) is 4.40 Å². The van der Waals surface area contributed by atoms with Gasteiger partial charge < -0.3 is 4.74 Å². The van der Waals surface area contributed by atoms with Crippen LogP contribution in [-0.2, 0) is 20.5 Å². The molecule has 0 aromatic rings. The van der Waals surface area contributed by atoms with E-state index in [-0.39, 0.29) is 12.3 Å². The summed E-state index contributed by atoms with van der Waals surface area (Å²) in [4.78, 5) is 11.8. The van der Waals surface area contributed by atoms with Crippen molar-refractivity contribution in [3.05, 3.63) is 0 Å². The molecule has 0 rings (SSSR count). The van der Waals surface area contributed by atoms with Gasteiger partial charge in [0.1, 0.15) is 23.4 Å². The zero-order valence-electron chi connectivity index (χ0n) is 11.9. The molecule has 0 aromatic heterocycles. The number of halogens is 1.